The summed E-state index contributed by atoms with van der Waals surface area (Å²) in [7, 11) is 0. The molecule has 0 amide bonds. The van der Waals surface area contributed by atoms with Crippen molar-refractivity contribution in [1.29, 1.82) is 0 Å². The molecule has 0 saturated carbocycles. The van der Waals surface area contributed by atoms with Crippen molar-refractivity contribution in [1.82, 2.24) is 0 Å². The number of hydrogen-bond acceptors (Lipinski definition) is 0. The van der Waals surface area contributed by atoms with Crippen LogP contribution >= 0.6 is 0 Å². The van der Waals surface area contributed by atoms with Gasteiger partial charge in [0.2, 0.25) is 0 Å². The predicted molar refractivity (Wildman–Crippen MR) is 36.6 cm³/mol. The monoisotopic (exact) mass is 278 g/mol. The summed E-state index contributed by atoms with van der Waals surface area (Å²) >= 11 is 0. The summed E-state index contributed by atoms with van der Waals surface area (Å²) in [6, 6.07) is 0. The fourth-order valence-corrected chi connectivity index (χ4v) is 0.513. The van der Waals surface area contributed by atoms with Gasteiger partial charge in [-0.1, -0.05) is 48.6 Å². The summed E-state index contributed by atoms with van der Waals surface area (Å²) < 4.78 is 0. The van der Waals surface area contributed by atoms with E-state index < -0.39 is 0 Å². The first-order valence-corrected chi connectivity index (χ1v) is 2.67. The van der Waals surface area contributed by atoms with Gasteiger partial charge in [0.15, 0.2) is 0 Å². The van der Waals surface area contributed by atoms with Gasteiger partial charge in [-0.3, -0.25) is 0 Å². The van der Waals surface area contributed by atoms with Crippen molar-refractivity contribution in [2.45, 2.75) is 0 Å². The molecule has 1 aliphatic rings. The van der Waals surface area contributed by atoms with Crippen LogP contribution in [0.2, 0.25) is 0 Å². The Kier molecular flexibility index (Phi) is 6.95. The Morgan fingerprint density at radius 2 is 0.444 bits per heavy atom. The first-order valence-electron chi connectivity index (χ1n) is 2.67. The van der Waals surface area contributed by atoms with Crippen molar-refractivity contribution >= 4 is 0 Å². The van der Waals surface area contributed by atoms with Crippen LogP contribution in [0.1, 0.15) is 0 Å². The molecular formula is C8H8Yb. The third-order valence-electron chi connectivity index (χ3n) is 0.889. The van der Waals surface area contributed by atoms with E-state index in [1.807, 2.05) is 48.6 Å². The van der Waals surface area contributed by atoms with Crippen molar-refractivity contribution in [3.63, 3.8) is 0 Å². The second-order valence-corrected chi connectivity index (χ2v) is 1.54. The minimum atomic E-state index is 0. The fourth-order valence-electron chi connectivity index (χ4n) is 0.513. The zero-order chi connectivity index (χ0) is 5.66. The summed E-state index contributed by atoms with van der Waals surface area (Å²) in [5.74, 6) is 0. The topological polar surface area (TPSA) is 0 Å². The molecule has 0 saturated heterocycles. The number of rotatable bonds is 0. The normalized spacial score (nSPS) is 28.4. The van der Waals surface area contributed by atoms with E-state index in [9.17, 15) is 0 Å². The van der Waals surface area contributed by atoms with E-state index in [1.54, 1.807) is 0 Å². The molecular weight excluding hydrogens is 269 g/mol. The van der Waals surface area contributed by atoms with Gasteiger partial charge < -0.3 is 0 Å². The molecule has 0 aliphatic heterocycles. The average molecular weight is 277 g/mol. The maximum atomic E-state index is 2.00. The van der Waals surface area contributed by atoms with E-state index in [1.165, 1.54) is 0 Å². The minimum Gasteiger partial charge on any atom is -0.0623 e. The third-order valence-corrected chi connectivity index (χ3v) is 0.889. The van der Waals surface area contributed by atoms with Crippen LogP contribution in [0.5, 0.6) is 0 Å². The van der Waals surface area contributed by atoms with Crippen LogP contribution in [0.25, 0.3) is 0 Å². The largest absolute Gasteiger partial charge is 0.0623 e. The molecule has 1 rings (SSSR count). The third kappa shape index (κ3) is 4.95. The Labute approximate surface area is 94.3 Å². The van der Waals surface area contributed by atoms with E-state index >= 15 is 0 Å². The number of allylic oxidation sites excluding steroid dienone is 8. The molecule has 0 spiro atoms. The van der Waals surface area contributed by atoms with Gasteiger partial charge in [0.1, 0.15) is 0 Å². The van der Waals surface area contributed by atoms with Crippen LogP contribution in [0.15, 0.2) is 48.6 Å². The molecule has 0 aromatic carbocycles. The van der Waals surface area contributed by atoms with Gasteiger partial charge in [0, 0.05) is 46.9 Å². The summed E-state index contributed by atoms with van der Waals surface area (Å²) in [5, 5.41) is 0. The molecule has 0 atom stereocenters. The summed E-state index contributed by atoms with van der Waals surface area (Å²) in [5.41, 5.74) is 0. The van der Waals surface area contributed by atoms with Crippen molar-refractivity contribution in [2.24, 2.45) is 0 Å². The quantitative estimate of drug-likeness (QED) is 0.637. The standard InChI is InChI=1S/C8H8.Yb/c1-2-4-6-8-7-5-3-1;/h1-8H;/b2-1-,3-1?,4-2?,5-3-,6-4-,7-5?,8-6?,8-7-;. The van der Waals surface area contributed by atoms with Crippen LogP contribution in [-0.4, -0.2) is 0 Å². The second kappa shape index (κ2) is 6.60. The molecule has 54 valence electrons. The van der Waals surface area contributed by atoms with E-state index in [2.05, 4.69) is 0 Å². The van der Waals surface area contributed by atoms with E-state index in [0.717, 1.165) is 0 Å². The molecule has 0 nitrogen and oxygen atoms in total. The first-order chi connectivity index (χ1) is 4.00. The molecule has 0 heterocycles. The van der Waals surface area contributed by atoms with Gasteiger partial charge in [0.05, 0.1) is 0 Å². The zero-order valence-corrected chi connectivity index (χ0v) is 6.60. The molecule has 1 heteroatoms. The molecule has 0 radical (unpaired) electrons. The summed E-state index contributed by atoms with van der Waals surface area (Å²) in [6.45, 7) is 0. The van der Waals surface area contributed by atoms with E-state index in [-0.39, 0.29) is 46.9 Å². The van der Waals surface area contributed by atoms with Crippen LogP contribution in [0.4, 0.5) is 0 Å². The molecule has 0 bridgehead atoms. The molecule has 0 aromatic heterocycles. The Bertz CT molecular complexity index is 105. The smallest absolute Gasteiger partial charge is 0 e. The molecule has 0 fully saturated rings. The van der Waals surface area contributed by atoms with Gasteiger partial charge in [-0.2, -0.15) is 0 Å². The molecule has 0 unspecified atom stereocenters. The van der Waals surface area contributed by atoms with Gasteiger partial charge in [-0.25, -0.2) is 0 Å². The van der Waals surface area contributed by atoms with Gasteiger partial charge in [0.25, 0.3) is 0 Å². The molecule has 1 aliphatic carbocycles. The molecule has 0 aromatic rings. The van der Waals surface area contributed by atoms with Crippen LogP contribution in [0, 0.1) is 46.9 Å². The van der Waals surface area contributed by atoms with Crippen LogP contribution < -0.4 is 0 Å². The maximum absolute atomic E-state index is 2.00. The Balaban J connectivity index is 0.000000640. The van der Waals surface area contributed by atoms with Crippen molar-refractivity contribution in [2.75, 3.05) is 0 Å². The zero-order valence-electron chi connectivity index (χ0n) is 4.89. The van der Waals surface area contributed by atoms with Gasteiger partial charge in [-0.15, -0.1) is 0 Å². The Hall–Kier alpha value is 0.479. The Morgan fingerprint density at radius 1 is 0.333 bits per heavy atom. The van der Waals surface area contributed by atoms with Crippen molar-refractivity contribution in [3.8, 4) is 0 Å². The van der Waals surface area contributed by atoms with Crippen LogP contribution in [-0.2, 0) is 0 Å². The summed E-state index contributed by atoms with van der Waals surface area (Å²) in [4.78, 5) is 0. The summed E-state index contributed by atoms with van der Waals surface area (Å²) in [6.07, 6.45) is 16.0. The molecule has 0 N–H and O–H groups in total. The Morgan fingerprint density at radius 3 is 0.556 bits per heavy atom. The predicted octanol–water partition coefficient (Wildman–Crippen LogP) is 2.22. The maximum Gasteiger partial charge on any atom is 0 e. The SMILES string of the molecule is C1=C\C=C/C=C\C=C/1.[Yb]. The van der Waals surface area contributed by atoms with Gasteiger partial charge >= 0.3 is 0 Å². The van der Waals surface area contributed by atoms with E-state index in [0.29, 0.717) is 0 Å². The molecule has 9 heavy (non-hydrogen) atoms. The van der Waals surface area contributed by atoms with Crippen molar-refractivity contribution < 1.29 is 46.9 Å². The van der Waals surface area contributed by atoms with Crippen molar-refractivity contribution in [3.05, 3.63) is 48.6 Å². The van der Waals surface area contributed by atoms with E-state index in [4.69, 9.17) is 0 Å². The second-order valence-electron chi connectivity index (χ2n) is 1.54. The fraction of sp³-hybridized carbons (Fsp3) is 0. The number of hydrogen-bond donors (Lipinski definition) is 0. The van der Waals surface area contributed by atoms with Gasteiger partial charge in [-0.05, 0) is 0 Å². The van der Waals surface area contributed by atoms with Crippen LogP contribution in [0.3, 0.4) is 0 Å². The first kappa shape index (κ1) is 9.48. The average Bonchev–Trinajstić information content (AvgIpc) is 1.62. The minimum absolute atomic E-state index is 0.